The second-order valence-electron chi connectivity index (χ2n) is 16.6. The second-order valence-corrected chi connectivity index (χ2v) is 17.5. The van der Waals surface area contributed by atoms with E-state index in [1.165, 1.54) is 0 Å². The molecule has 0 spiro atoms. The Morgan fingerprint density at radius 1 is 0.964 bits per heavy atom. The van der Waals surface area contributed by atoms with Crippen LogP contribution in [0.3, 0.4) is 0 Å². The van der Waals surface area contributed by atoms with Gasteiger partial charge >= 0.3 is 0 Å². The van der Waals surface area contributed by atoms with Crippen molar-refractivity contribution in [1.29, 1.82) is 0 Å². The summed E-state index contributed by atoms with van der Waals surface area (Å²) in [5.74, 6) is 1.01. The number of thiazole rings is 1. The third-order valence-corrected chi connectivity index (χ3v) is 11.1. The fourth-order valence-corrected chi connectivity index (χ4v) is 7.90. The number of nitrogens with one attached hydrogen (secondary N) is 3. The second kappa shape index (κ2) is 19.2. The van der Waals surface area contributed by atoms with Gasteiger partial charge in [0.25, 0.3) is 0 Å². The minimum Gasteiger partial charge on any atom is -0.454 e. The zero-order valence-electron chi connectivity index (χ0n) is 33.5. The number of amides is 3. The molecule has 2 aliphatic rings. The zero-order valence-corrected chi connectivity index (χ0v) is 34.3. The van der Waals surface area contributed by atoms with Gasteiger partial charge in [0, 0.05) is 68.4 Å². The van der Waals surface area contributed by atoms with Crippen LogP contribution in [-0.4, -0.2) is 100 Å². The first kappa shape index (κ1) is 42.1. The third-order valence-electron chi connectivity index (χ3n) is 9.92. The van der Waals surface area contributed by atoms with Gasteiger partial charge in [-0.15, -0.1) is 11.3 Å². The summed E-state index contributed by atoms with van der Waals surface area (Å²) >= 11 is 1.60. The Labute approximate surface area is 330 Å². The molecular formula is C42H60N6O6S. The Hall–Kier alpha value is -4.04. The summed E-state index contributed by atoms with van der Waals surface area (Å²) in [6.45, 7) is 17.0. The lowest BCUT2D eigenvalue weighted by atomic mass is 9.97. The maximum Gasteiger partial charge on any atom is 0.243 e. The van der Waals surface area contributed by atoms with Crippen molar-refractivity contribution in [2.45, 2.75) is 116 Å². The Morgan fingerprint density at radius 3 is 2.40 bits per heavy atom. The van der Waals surface area contributed by atoms with Gasteiger partial charge in [-0.1, -0.05) is 64.1 Å². The summed E-state index contributed by atoms with van der Waals surface area (Å²) in [6, 6.07) is 14.1. The summed E-state index contributed by atoms with van der Waals surface area (Å²) in [4.78, 5) is 49.6. The van der Waals surface area contributed by atoms with Crippen molar-refractivity contribution in [2.75, 3.05) is 33.0 Å². The van der Waals surface area contributed by atoms with Gasteiger partial charge in [0.2, 0.25) is 24.5 Å². The van der Waals surface area contributed by atoms with Gasteiger partial charge in [0.05, 0.1) is 22.8 Å². The number of hydrogen-bond donors (Lipinski definition) is 4. The molecule has 2 aliphatic heterocycles. The first-order valence-electron chi connectivity index (χ1n) is 19.6. The molecule has 1 saturated heterocycles. The molecule has 0 radical (unpaired) electrons. The summed E-state index contributed by atoms with van der Waals surface area (Å²) in [5.41, 5.74) is 2.56. The number of β-amino-alcohol motifs (C(OH)–C–C–N with tert-alkyl or cyclic N) is 1. The molecule has 4 N–H and O–H groups in total. The molecule has 0 bridgehead atoms. The predicted octanol–water partition coefficient (Wildman–Crippen LogP) is 4.65. The van der Waals surface area contributed by atoms with E-state index in [9.17, 15) is 19.5 Å². The number of ether oxygens (including phenoxy) is 2. The lowest BCUT2D eigenvalue weighted by Gasteiger charge is -2.43. The number of piperazine rings is 1. The molecule has 2 aromatic carbocycles. The van der Waals surface area contributed by atoms with Crippen LogP contribution in [0.1, 0.15) is 89.1 Å². The average molecular weight is 777 g/mol. The molecule has 1 unspecified atom stereocenters. The van der Waals surface area contributed by atoms with Gasteiger partial charge in [0.15, 0.2) is 11.5 Å². The zero-order chi connectivity index (χ0) is 39.7. The highest BCUT2D eigenvalue weighted by molar-refractivity contribution is 7.09. The van der Waals surface area contributed by atoms with Gasteiger partial charge in [-0.05, 0) is 62.8 Å². The highest BCUT2D eigenvalue weighted by atomic mass is 32.1. The van der Waals surface area contributed by atoms with Crippen molar-refractivity contribution < 1.29 is 29.0 Å². The largest absolute Gasteiger partial charge is 0.454 e. The van der Waals surface area contributed by atoms with Crippen molar-refractivity contribution in [2.24, 2.45) is 5.92 Å². The van der Waals surface area contributed by atoms with E-state index in [2.05, 4.69) is 44.6 Å². The summed E-state index contributed by atoms with van der Waals surface area (Å²) in [6.07, 6.45) is 0.418. The molecule has 12 nitrogen and oxygen atoms in total. The lowest BCUT2D eigenvalue weighted by Crippen LogP contribution is -2.60. The number of aliphatic hydroxyl groups is 1. The van der Waals surface area contributed by atoms with E-state index in [4.69, 9.17) is 9.47 Å². The maximum atomic E-state index is 14.0. The lowest BCUT2D eigenvalue weighted by molar-refractivity contribution is -0.131. The number of nitrogens with zero attached hydrogens (tertiary/aromatic N) is 3. The minimum absolute atomic E-state index is 0.0540. The van der Waals surface area contributed by atoms with E-state index >= 15 is 0 Å². The number of fused-ring (bicyclic) bond motifs is 1. The number of carbonyl (C=O) groups excluding carboxylic acids is 3. The normalized spacial score (nSPS) is 17.9. The van der Waals surface area contributed by atoms with E-state index in [0.29, 0.717) is 38.4 Å². The van der Waals surface area contributed by atoms with Crippen LogP contribution in [0.15, 0.2) is 53.9 Å². The van der Waals surface area contributed by atoms with Crippen molar-refractivity contribution >= 4 is 29.1 Å². The van der Waals surface area contributed by atoms with Crippen LogP contribution in [0.4, 0.5) is 0 Å². The van der Waals surface area contributed by atoms with Gasteiger partial charge < -0.3 is 30.5 Å². The number of aryl methyl sites for hydroxylation is 1. The van der Waals surface area contributed by atoms with E-state index in [1.54, 1.807) is 11.3 Å². The van der Waals surface area contributed by atoms with Crippen LogP contribution in [-0.2, 0) is 33.8 Å². The number of rotatable bonds is 17. The number of carbonyl (C=O) groups is 3. The Balaban J connectivity index is 1.27. The predicted molar refractivity (Wildman–Crippen MR) is 215 cm³/mol. The molecule has 5 rings (SSSR count). The minimum atomic E-state index is -0.957. The van der Waals surface area contributed by atoms with Crippen LogP contribution in [0.2, 0.25) is 0 Å². The molecule has 3 amide bonds. The molecule has 13 heteroatoms. The monoisotopic (exact) mass is 776 g/mol. The number of hydrogen-bond acceptors (Lipinski definition) is 10. The van der Waals surface area contributed by atoms with Crippen molar-refractivity contribution in [1.82, 2.24) is 30.7 Å². The van der Waals surface area contributed by atoms with E-state index in [0.717, 1.165) is 39.9 Å². The van der Waals surface area contributed by atoms with Crippen LogP contribution in [0.5, 0.6) is 11.5 Å². The average Bonchev–Trinajstić information content (AvgIpc) is 3.80. The number of aromatic nitrogens is 1. The Morgan fingerprint density at radius 2 is 1.71 bits per heavy atom. The first-order chi connectivity index (χ1) is 26.1. The molecule has 0 aliphatic carbocycles. The highest BCUT2D eigenvalue weighted by Crippen LogP contribution is 2.33. The van der Waals surface area contributed by atoms with Gasteiger partial charge in [-0.25, -0.2) is 4.98 Å². The van der Waals surface area contributed by atoms with Crippen molar-refractivity contribution in [3.63, 3.8) is 0 Å². The van der Waals surface area contributed by atoms with Crippen LogP contribution >= 0.6 is 11.3 Å². The van der Waals surface area contributed by atoms with Gasteiger partial charge in [-0.3, -0.25) is 24.2 Å². The Bertz CT molecular complexity index is 1730. The molecule has 3 heterocycles. The maximum absolute atomic E-state index is 14.0. The molecule has 1 fully saturated rings. The first-order valence-corrected chi connectivity index (χ1v) is 20.4. The molecule has 300 valence electrons. The van der Waals surface area contributed by atoms with E-state index in [-0.39, 0.29) is 61.4 Å². The summed E-state index contributed by atoms with van der Waals surface area (Å²) < 4.78 is 11.1. The van der Waals surface area contributed by atoms with Crippen LogP contribution in [0, 0.1) is 5.92 Å². The molecule has 3 aromatic rings. The summed E-state index contributed by atoms with van der Waals surface area (Å²) in [7, 11) is 0. The van der Waals surface area contributed by atoms with E-state index < -0.39 is 18.2 Å². The quantitative estimate of drug-likeness (QED) is 0.154. The highest BCUT2D eigenvalue weighted by Gasteiger charge is 2.35. The van der Waals surface area contributed by atoms with Crippen molar-refractivity contribution in [3.05, 3.63) is 75.7 Å². The molecule has 1 aromatic heterocycles. The van der Waals surface area contributed by atoms with Crippen LogP contribution in [0.25, 0.3) is 0 Å². The topological polar surface area (TPSA) is 145 Å². The van der Waals surface area contributed by atoms with Crippen molar-refractivity contribution in [3.8, 4) is 11.5 Å². The fourth-order valence-electron chi connectivity index (χ4n) is 7.03. The molecular weight excluding hydrogens is 717 g/mol. The number of benzene rings is 2. The smallest absolute Gasteiger partial charge is 0.243 e. The summed E-state index contributed by atoms with van der Waals surface area (Å²) in [5, 5.41) is 24.2. The fraction of sp³-hybridized carbons (Fsp3) is 0.571. The molecule has 55 heavy (non-hydrogen) atoms. The molecule has 0 saturated carbocycles. The third kappa shape index (κ3) is 12.7. The Kier molecular flexibility index (Phi) is 14.7. The van der Waals surface area contributed by atoms with Gasteiger partial charge in [-0.2, -0.15) is 0 Å². The number of aliphatic hydroxyl groups excluding tert-OH is 1. The van der Waals surface area contributed by atoms with E-state index in [1.807, 2.05) is 88.5 Å². The van der Waals surface area contributed by atoms with Crippen LogP contribution < -0.4 is 25.4 Å². The van der Waals surface area contributed by atoms with Gasteiger partial charge in [0.1, 0.15) is 6.04 Å². The SMILES string of the molecule is CC(C)c1nc(CCC(=O)N[C@H](C(=O)N[C@@H](Cc2ccccc2)[C@H](O)CN2CCN(Cc3ccc4c(c3)OCO4)CC2CC(=O)NC(C)(C)C)C(C)C)cs1. The standard InChI is InChI=1S/C42H60N6O6S/c1-27(2)39(45-37(50)16-14-31-25-55-41(43-31)28(3)4)40(52)44-33(19-29-11-9-8-10-12-29)34(49)24-48-18-17-47(23-32(48)21-38(51)46-42(5,6)7)22-30-13-15-35-36(20-30)54-26-53-35/h8-13,15,20,25,27-28,32-34,39,49H,14,16-19,21-24,26H2,1-7H3,(H,44,52)(H,45,50)(H,46,51)/t32?,33-,34+,39-/m0/s1. The molecule has 4 atom stereocenters.